The van der Waals surface area contributed by atoms with Crippen molar-refractivity contribution < 1.29 is 0 Å². The molecule has 6 heteroatoms. The maximum absolute atomic E-state index is 11.4. The zero-order valence-electron chi connectivity index (χ0n) is 11.2. The van der Waals surface area contributed by atoms with E-state index in [-0.39, 0.29) is 11.7 Å². The molecule has 4 nitrogen and oxygen atoms in total. The van der Waals surface area contributed by atoms with Gasteiger partial charge in [0.05, 0.1) is 17.1 Å². The van der Waals surface area contributed by atoms with Crippen molar-refractivity contribution in [3.05, 3.63) is 67.0 Å². The lowest BCUT2D eigenvalue weighted by Crippen LogP contribution is -2.12. The van der Waals surface area contributed by atoms with Crippen molar-refractivity contribution in [3.63, 3.8) is 0 Å². The van der Waals surface area contributed by atoms with Gasteiger partial charge in [0.2, 0.25) is 0 Å². The van der Waals surface area contributed by atoms with E-state index in [0.717, 1.165) is 37.2 Å². The van der Waals surface area contributed by atoms with Crippen LogP contribution >= 0.6 is 27.5 Å². The molecular weight excluding hydrogens is 354 g/mol. The van der Waals surface area contributed by atoms with Crippen LogP contribution in [0.1, 0.15) is 22.7 Å². The summed E-state index contributed by atoms with van der Waals surface area (Å²) in [5.41, 5.74) is 10.5. The molecule has 2 aromatic carbocycles. The Labute approximate surface area is 134 Å². The smallest absolute Gasteiger partial charge is 0.320 e. The fraction of sp³-hybridized carbons (Fsp3) is 0.133. The number of nitrogens with one attached hydrogen (secondary N) is 2. The first-order valence-corrected chi connectivity index (χ1v) is 7.56. The number of imidazole rings is 1. The van der Waals surface area contributed by atoms with Crippen molar-refractivity contribution in [1.29, 1.82) is 0 Å². The number of aromatic nitrogens is 2. The summed E-state index contributed by atoms with van der Waals surface area (Å²) in [4.78, 5) is 16.8. The molecule has 0 radical (unpaired) electrons. The van der Waals surface area contributed by atoms with E-state index in [9.17, 15) is 4.79 Å². The van der Waals surface area contributed by atoms with E-state index in [2.05, 4.69) is 25.9 Å². The molecule has 0 aliphatic carbocycles. The van der Waals surface area contributed by atoms with Gasteiger partial charge in [0, 0.05) is 9.50 Å². The second kappa shape index (κ2) is 5.33. The number of halogens is 2. The van der Waals surface area contributed by atoms with Gasteiger partial charge >= 0.3 is 5.69 Å². The summed E-state index contributed by atoms with van der Waals surface area (Å²) in [6.45, 7) is 1.94. The zero-order valence-corrected chi connectivity index (χ0v) is 13.5. The monoisotopic (exact) mass is 365 g/mol. The summed E-state index contributed by atoms with van der Waals surface area (Å²) in [7, 11) is 0. The van der Waals surface area contributed by atoms with Gasteiger partial charge in [-0.1, -0.05) is 39.7 Å². The van der Waals surface area contributed by atoms with Gasteiger partial charge in [-0.3, -0.25) is 0 Å². The predicted molar refractivity (Wildman–Crippen MR) is 88.8 cm³/mol. The Kier molecular flexibility index (Phi) is 3.65. The largest absolute Gasteiger partial charge is 0.323 e. The van der Waals surface area contributed by atoms with Crippen LogP contribution in [-0.2, 0) is 0 Å². The Bertz CT molecular complexity index is 884. The maximum Gasteiger partial charge on any atom is 0.323 e. The van der Waals surface area contributed by atoms with Crippen molar-refractivity contribution in [2.45, 2.75) is 13.0 Å². The van der Waals surface area contributed by atoms with Crippen molar-refractivity contribution in [3.8, 4) is 0 Å². The molecule has 3 rings (SSSR count). The predicted octanol–water partition coefficient (Wildman–Crippen LogP) is 3.63. The molecule has 0 aliphatic heterocycles. The van der Waals surface area contributed by atoms with Gasteiger partial charge in [-0.15, -0.1) is 0 Å². The molecule has 0 bridgehead atoms. The van der Waals surface area contributed by atoms with Gasteiger partial charge in [-0.2, -0.15) is 0 Å². The standard InChI is InChI=1S/C15H13BrClN3O/c1-7-4-8(2-3-11(7)17)14(18)9-5-12-13(6-10(9)16)20-15(21)19-12/h2-6,14H,18H2,1H3,(H2,19,20,21). The van der Waals surface area contributed by atoms with Gasteiger partial charge < -0.3 is 15.7 Å². The van der Waals surface area contributed by atoms with E-state index in [0.29, 0.717) is 0 Å². The van der Waals surface area contributed by atoms with E-state index in [1.54, 1.807) is 0 Å². The van der Waals surface area contributed by atoms with Crippen LogP contribution in [0.3, 0.4) is 0 Å². The second-order valence-corrected chi connectivity index (χ2v) is 6.25. The summed E-state index contributed by atoms with van der Waals surface area (Å²) in [5, 5.41) is 0.718. The highest BCUT2D eigenvalue weighted by atomic mass is 79.9. The van der Waals surface area contributed by atoms with Crippen LogP contribution in [0, 0.1) is 6.92 Å². The minimum Gasteiger partial charge on any atom is -0.320 e. The number of hydrogen-bond donors (Lipinski definition) is 3. The van der Waals surface area contributed by atoms with Crippen LogP contribution in [-0.4, -0.2) is 9.97 Å². The van der Waals surface area contributed by atoms with Crippen molar-refractivity contribution in [2.24, 2.45) is 5.73 Å². The van der Waals surface area contributed by atoms with Crippen LogP contribution in [0.4, 0.5) is 0 Å². The molecule has 0 amide bonds. The number of aromatic amines is 2. The van der Waals surface area contributed by atoms with Gasteiger partial charge in [0.1, 0.15) is 0 Å². The molecule has 0 saturated carbocycles. The molecule has 4 N–H and O–H groups in total. The van der Waals surface area contributed by atoms with Crippen LogP contribution in [0.15, 0.2) is 39.6 Å². The quantitative estimate of drug-likeness (QED) is 0.648. The topological polar surface area (TPSA) is 74.7 Å². The van der Waals surface area contributed by atoms with Gasteiger partial charge in [-0.25, -0.2) is 4.79 Å². The first-order chi connectivity index (χ1) is 9.95. The average molecular weight is 367 g/mol. The van der Waals surface area contributed by atoms with Crippen molar-refractivity contribution >= 4 is 38.6 Å². The van der Waals surface area contributed by atoms with Gasteiger partial charge in [0.25, 0.3) is 0 Å². The lowest BCUT2D eigenvalue weighted by atomic mass is 9.98. The fourth-order valence-electron chi connectivity index (χ4n) is 2.35. The van der Waals surface area contributed by atoms with Crippen LogP contribution < -0.4 is 11.4 Å². The summed E-state index contributed by atoms with van der Waals surface area (Å²) in [5.74, 6) is 0. The third-order valence-corrected chi connectivity index (χ3v) is 4.62. The summed E-state index contributed by atoms with van der Waals surface area (Å²) in [6.07, 6.45) is 0. The van der Waals surface area contributed by atoms with Crippen molar-refractivity contribution in [2.75, 3.05) is 0 Å². The Morgan fingerprint density at radius 1 is 1.19 bits per heavy atom. The van der Waals surface area contributed by atoms with Crippen LogP contribution in [0.5, 0.6) is 0 Å². The molecule has 1 atom stereocenters. The molecule has 0 saturated heterocycles. The highest BCUT2D eigenvalue weighted by molar-refractivity contribution is 9.10. The zero-order chi connectivity index (χ0) is 15.1. The lowest BCUT2D eigenvalue weighted by Gasteiger charge is -2.15. The molecule has 0 aliphatic rings. The molecule has 3 aromatic rings. The minimum atomic E-state index is -0.307. The van der Waals surface area contributed by atoms with E-state index in [4.69, 9.17) is 17.3 Å². The molecule has 1 unspecified atom stereocenters. The number of H-pyrrole nitrogens is 2. The normalized spacial score (nSPS) is 12.8. The average Bonchev–Trinajstić information content (AvgIpc) is 2.79. The van der Waals surface area contributed by atoms with E-state index < -0.39 is 0 Å². The van der Waals surface area contributed by atoms with E-state index >= 15 is 0 Å². The number of rotatable bonds is 2. The Morgan fingerprint density at radius 3 is 2.52 bits per heavy atom. The van der Waals surface area contributed by atoms with E-state index in [1.807, 2.05) is 37.3 Å². The molecule has 0 spiro atoms. The molecule has 1 heterocycles. The number of nitrogens with two attached hydrogens (primary N) is 1. The summed E-state index contributed by atoms with van der Waals surface area (Å²) >= 11 is 9.57. The van der Waals surface area contributed by atoms with Gasteiger partial charge in [-0.05, 0) is 41.8 Å². The van der Waals surface area contributed by atoms with Crippen LogP contribution in [0.25, 0.3) is 11.0 Å². The third kappa shape index (κ3) is 2.64. The SMILES string of the molecule is Cc1cc(C(N)c2cc3[nH]c(=O)[nH]c3cc2Br)ccc1Cl. The first-order valence-electron chi connectivity index (χ1n) is 6.39. The highest BCUT2D eigenvalue weighted by Gasteiger charge is 2.15. The Morgan fingerprint density at radius 2 is 1.86 bits per heavy atom. The van der Waals surface area contributed by atoms with Crippen molar-refractivity contribution in [1.82, 2.24) is 9.97 Å². The summed E-state index contributed by atoms with van der Waals surface area (Å²) in [6, 6.07) is 9.16. The minimum absolute atomic E-state index is 0.232. The molecule has 21 heavy (non-hydrogen) atoms. The van der Waals surface area contributed by atoms with Crippen LogP contribution in [0.2, 0.25) is 5.02 Å². The van der Waals surface area contributed by atoms with Gasteiger partial charge in [0.15, 0.2) is 0 Å². The Balaban J connectivity index is 2.11. The maximum atomic E-state index is 11.4. The number of aryl methyl sites for hydroxylation is 1. The number of benzene rings is 2. The molecule has 1 aromatic heterocycles. The second-order valence-electron chi connectivity index (χ2n) is 4.98. The third-order valence-electron chi connectivity index (χ3n) is 3.51. The first kappa shape index (κ1) is 14.4. The number of hydrogen-bond acceptors (Lipinski definition) is 2. The lowest BCUT2D eigenvalue weighted by molar-refractivity contribution is 0.866. The molecule has 0 fully saturated rings. The molecular formula is C15H13BrClN3O. The number of fused-ring (bicyclic) bond motifs is 1. The Hall–Kier alpha value is -1.56. The highest BCUT2D eigenvalue weighted by Crippen LogP contribution is 2.31. The van der Waals surface area contributed by atoms with E-state index in [1.165, 1.54) is 0 Å². The summed E-state index contributed by atoms with van der Waals surface area (Å²) < 4.78 is 0.852. The molecule has 108 valence electrons. The fourth-order valence-corrected chi connectivity index (χ4v) is 3.06.